The van der Waals surface area contributed by atoms with Gasteiger partial charge >= 0.3 is 5.97 Å². The zero-order valence-corrected chi connectivity index (χ0v) is 16.5. The zero-order chi connectivity index (χ0) is 20.9. The third-order valence-electron chi connectivity index (χ3n) is 4.09. The van der Waals surface area contributed by atoms with Gasteiger partial charge in [0, 0.05) is 18.7 Å². The van der Waals surface area contributed by atoms with Crippen LogP contribution < -0.4 is 5.32 Å². The largest absolute Gasteiger partial charge is 0.478 e. The Morgan fingerprint density at radius 3 is 2.17 bits per heavy atom. The smallest absolute Gasteiger partial charge is 0.335 e. The van der Waals surface area contributed by atoms with Crippen LogP contribution in [0.5, 0.6) is 0 Å². The van der Waals surface area contributed by atoms with Crippen molar-refractivity contribution in [2.75, 3.05) is 13.2 Å². The van der Waals surface area contributed by atoms with E-state index >= 15 is 0 Å². The minimum atomic E-state index is -0.929. The van der Waals surface area contributed by atoms with Gasteiger partial charge < -0.3 is 15.2 Å². The molecule has 0 amide bonds. The minimum Gasteiger partial charge on any atom is -0.478 e. The van der Waals surface area contributed by atoms with E-state index in [0.29, 0.717) is 25.3 Å². The van der Waals surface area contributed by atoms with Crippen LogP contribution in [0.2, 0.25) is 0 Å². The summed E-state index contributed by atoms with van der Waals surface area (Å²) in [5.74, 6) is -1.17. The Balaban J connectivity index is 0.000000426. The second-order valence-electron chi connectivity index (χ2n) is 6.48. The number of aryl methyl sites for hydroxylation is 1. The second-order valence-corrected chi connectivity index (χ2v) is 6.48. The lowest BCUT2D eigenvalue weighted by Gasteiger charge is -2.08. The van der Waals surface area contributed by atoms with Gasteiger partial charge in [0.15, 0.2) is 0 Å². The van der Waals surface area contributed by atoms with Gasteiger partial charge in [0.2, 0.25) is 0 Å². The fourth-order valence-corrected chi connectivity index (χ4v) is 2.48. The van der Waals surface area contributed by atoms with Crippen molar-refractivity contribution in [2.45, 2.75) is 20.1 Å². The molecule has 0 spiro atoms. The van der Waals surface area contributed by atoms with Crippen molar-refractivity contribution in [1.29, 1.82) is 0 Å². The van der Waals surface area contributed by atoms with Crippen molar-refractivity contribution < 1.29 is 19.0 Å². The normalized spacial score (nSPS) is 10.1. The first kappa shape index (κ1) is 22.3. The lowest BCUT2D eigenvalue weighted by molar-refractivity contribution is 0.0697. The Morgan fingerprint density at radius 1 is 1.00 bits per heavy atom. The van der Waals surface area contributed by atoms with Crippen LogP contribution in [0, 0.1) is 12.7 Å². The van der Waals surface area contributed by atoms with E-state index in [2.05, 4.69) is 5.32 Å². The molecule has 0 heterocycles. The van der Waals surface area contributed by atoms with Crippen molar-refractivity contribution in [3.05, 3.63) is 107 Å². The van der Waals surface area contributed by atoms with Crippen molar-refractivity contribution >= 4 is 5.97 Å². The number of carbonyl (C=O) groups is 1. The van der Waals surface area contributed by atoms with E-state index < -0.39 is 5.97 Å². The summed E-state index contributed by atoms with van der Waals surface area (Å²) in [4.78, 5) is 10.7. The van der Waals surface area contributed by atoms with Gasteiger partial charge in [-0.25, -0.2) is 9.18 Å². The Kier molecular flexibility index (Phi) is 9.55. The molecule has 0 saturated carbocycles. The number of hydrogen-bond donors (Lipinski definition) is 2. The third-order valence-corrected chi connectivity index (χ3v) is 4.09. The van der Waals surface area contributed by atoms with E-state index in [1.165, 1.54) is 6.07 Å². The maximum atomic E-state index is 13.6. The lowest BCUT2D eigenvalue weighted by atomic mass is 10.1. The fourth-order valence-electron chi connectivity index (χ4n) is 2.48. The number of benzene rings is 3. The number of rotatable bonds is 8. The molecule has 0 atom stereocenters. The van der Waals surface area contributed by atoms with Crippen molar-refractivity contribution in [1.82, 2.24) is 5.32 Å². The molecule has 3 aromatic rings. The fraction of sp³-hybridized carbons (Fsp3) is 0.208. The predicted octanol–water partition coefficient (Wildman–Crippen LogP) is 4.83. The highest BCUT2D eigenvalue weighted by molar-refractivity contribution is 5.87. The second kappa shape index (κ2) is 12.4. The molecule has 5 heteroatoms. The summed E-state index contributed by atoms with van der Waals surface area (Å²) in [5, 5.41) is 12.0. The van der Waals surface area contributed by atoms with E-state index in [0.717, 1.165) is 11.1 Å². The summed E-state index contributed by atoms with van der Waals surface area (Å²) >= 11 is 0. The van der Waals surface area contributed by atoms with Crippen LogP contribution >= 0.6 is 0 Å². The van der Waals surface area contributed by atoms with Gasteiger partial charge in [-0.15, -0.1) is 0 Å². The number of ether oxygens (including phenoxy) is 1. The van der Waals surface area contributed by atoms with Crippen LogP contribution in [0.1, 0.15) is 27.0 Å². The number of aromatic carboxylic acids is 1. The van der Waals surface area contributed by atoms with E-state index in [4.69, 9.17) is 9.84 Å². The van der Waals surface area contributed by atoms with Gasteiger partial charge in [0.1, 0.15) is 5.82 Å². The maximum Gasteiger partial charge on any atom is 0.335 e. The van der Waals surface area contributed by atoms with Crippen LogP contribution in [-0.4, -0.2) is 24.2 Å². The average Bonchev–Trinajstić information content (AvgIpc) is 2.74. The molecule has 29 heavy (non-hydrogen) atoms. The topological polar surface area (TPSA) is 58.6 Å². The molecule has 2 N–H and O–H groups in total. The van der Waals surface area contributed by atoms with Crippen molar-refractivity contribution in [2.24, 2.45) is 0 Å². The Hall–Kier alpha value is -3.02. The predicted molar refractivity (Wildman–Crippen MR) is 112 cm³/mol. The lowest BCUT2D eigenvalue weighted by Crippen LogP contribution is -2.19. The Morgan fingerprint density at radius 2 is 1.62 bits per heavy atom. The van der Waals surface area contributed by atoms with Crippen LogP contribution in [0.15, 0.2) is 78.9 Å². The van der Waals surface area contributed by atoms with Crippen LogP contribution in [0.3, 0.4) is 0 Å². The third kappa shape index (κ3) is 8.68. The Labute approximate surface area is 171 Å². The van der Waals surface area contributed by atoms with Crippen molar-refractivity contribution in [3.63, 3.8) is 0 Å². The highest BCUT2D eigenvalue weighted by Crippen LogP contribution is 2.10. The molecule has 3 rings (SSSR count). The summed E-state index contributed by atoms with van der Waals surface area (Å²) < 4.78 is 19.0. The average molecular weight is 395 g/mol. The van der Waals surface area contributed by atoms with Crippen molar-refractivity contribution in [3.8, 4) is 0 Å². The first-order chi connectivity index (χ1) is 14.1. The molecule has 0 aliphatic heterocycles. The number of carboxylic acids is 1. The van der Waals surface area contributed by atoms with Crippen LogP contribution in [0.4, 0.5) is 4.39 Å². The van der Waals surface area contributed by atoms with Gasteiger partial charge in [-0.2, -0.15) is 0 Å². The molecule has 0 aliphatic carbocycles. The highest BCUT2D eigenvalue weighted by atomic mass is 19.1. The number of carboxylic acid groups (broad SMARTS) is 1. The van der Waals surface area contributed by atoms with Gasteiger partial charge in [-0.05, 0) is 36.2 Å². The maximum absolute atomic E-state index is 13.6. The monoisotopic (exact) mass is 395 g/mol. The van der Waals surface area contributed by atoms with E-state index in [-0.39, 0.29) is 18.0 Å². The summed E-state index contributed by atoms with van der Waals surface area (Å²) in [7, 11) is 0. The molecule has 0 fully saturated rings. The van der Waals surface area contributed by atoms with E-state index in [1.54, 1.807) is 30.3 Å². The molecule has 152 valence electrons. The molecule has 0 aromatic heterocycles. The molecule has 0 saturated heterocycles. The van der Waals surface area contributed by atoms with Crippen LogP contribution in [-0.2, 0) is 17.9 Å². The summed E-state index contributed by atoms with van der Waals surface area (Å²) in [5.41, 5.74) is 2.72. The van der Waals surface area contributed by atoms with E-state index in [9.17, 15) is 9.18 Å². The molecule has 0 aliphatic rings. The zero-order valence-electron chi connectivity index (χ0n) is 16.5. The molecular formula is C24H26FNO3. The van der Waals surface area contributed by atoms with Gasteiger partial charge in [-0.3, -0.25) is 0 Å². The SMILES string of the molecule is Cc1ccc(COCCNCc2ccc(C(=O)O)cc2)c(F)c1.c1ccccc1. The molecule has 4 nitrogen and oxygen atoms in total. The molecule has 0 unspecified atom stereocenters. The molecular weight excluding hydrogens is 369 g/mol. The summed E-state index contributed by atoms with van der Waals surface area (Å²) in [6.07, 6.45) is 0. The quantitative estimate of drug-likeness (QED) is 0.537. The van der Waals surface area contributed by atoms with E-state index in [1.807, 2.05) is 49.4 Å². The van der Waals surface area contributed by atoms with Gasteiger partial charge in [-0.1, -0.05) is 60.7 Å². The standard InChI is InChI=1S/C18H20FNO3.C6H6/c1-13-2-5-16(17(19)10-13)12-23-9-8-20-11-14-3-6-15(7-4-14)18(21)22;1-2-4-6-5-3-1/h2-7,10,20H,8-9,11-12H2,1H3,(H,21,22);1-6H. The highest BCUT2D eigenvalue weighted by Gasteiger charge is 2.03. The van der Waals surface area contributed by atoms with Crippen LogP contribution in [0.25, 0.3) is 0 Å². The molecule has 0 bridgehead atoms. The first-order valence-corrected chi connectivity index (χ1v) is 9.42. The number of nitrogens with one attached hydrogen (secondary N) is 1. The molecule has 0 radical (unpaired) electrons. The first-order valence-electron chi connectivity index (χ1n) is 9.42. The molecule has 3 aromatic carbocycles. The Bertz CT molecular complexity index is 840. The van der Waals surface area contributed by atoms with Gasteiger partial charge in [0.25, 0.3) is 0 Å². The minimum absolute atomic E-state index is 0.239. The van der Waals surface area contributed by atoms with Gasteiger partial charge in [0.05, 0.1) is 18.8 Å². The summed E-state index contributed by atoms with van der Waals surface area (Å²) in [6, 6.07) is 23.8. The number of halogens is 1. The number of hydrogen-bond acceptors (Lipinski definition) is 3. The summed E-state index contributed by atoms with van der Waals surface area (Å²) in [6.45, 7) is 3.83.